The molecule has 8 heteroatoms. The monoisotopic (exact) mass is 249 g/mol. The van der Waals surface area contributed by atoms with Crippen LogP contribution < -0.4 is 5.73 Å². The van der Waals surface area contributed by atoms with E-state index in [1.165, 1.54) is 0 Å². The second kappa shape index (κ2) is 5.09. The maximum absolute atomic E-state index is 12.3. The van der Waals surface area contributed by atoms with Gasteiger partial charge in [0.2, 0.25) is 0 Å². The van der Waals surface area contributed by atoms with Gasteiger partial charge in [0.05, 0.1) is 6.61 Å². The molecule has 0 fully saturated rings. The number of nitrogens with two attached hydrogens (primary N) is 1. The van der Waals surface area contributed by atoms with Crippen LogP contribution in [0.5, 0.6) is 0 Å². The van der Waals surface area contributed by atoms with Gasteiger partial charge in [0.15, 0.2) is 11.9 Å². The SMILES string of the molecule is CCOC(=O)C(N)c1nccc(C(F)(F)F)n1. The number of ether oxygens (including phenoxy) is 1. The first-order valence-electron chi connectivity index (χ1n) is 4.68. The highest BCUT2D eigenvalue weighted by Crippen LogP contribution is 2.27. The molecule has 0 spiro atoms. The summed E-state index contributed by atoms with van der Waals surface area (Å²) in [6.07, 6.45) is -3.71. The Morgan fingerprint density at radius 1 is 1.59 bits per heavy atom. The van der Waals surface area contributed by atoms with Gasteiger partial charge in [-0.3, -0.25) is 0 Å². The van der Waals surface area contributed by atoms with E-state index in [1.54, 1.807) is 6.92 Å². The van der Waals surface area contributed by atoms with E-state index in [2.05, 4.69) is 14.7 Å². The maximum atomic E-state index is 12.3. The fraction of sp³-hybridized carbons (Fsp3) is 0.444. The van der Waals surface area contributed by atoms with Gasteiger partial charge in [0, 0.05) is 6.20 Å². The van der Waals surface area contributed by atoms with Crippen molar-refractivity contribution in [1.82, 2.24) is 9.97 Å². The molecule has 0 saturated heterocycles. The second-order valence-electron chi connectivity index (χ2n) is 3.03. The number of nitrogens with zero attached hydrogens (tertiary/aromatic N) is 2. The summed E-state index contributed by atoms with van der Waals surface area (Å²) < 4.78 is 41.6. The van der Waals surface area contributed by atoms with Crippen LogP contribution in [0.2, 0.25) is 0 Å². The average molecular weight is 249 g/mol. The minimum Gasteiger partial charge on any atom is -0.464 e. The Balaban J connectivity index is 2.96. The summed E-state index contributed by atoms with van der Waals surface area (Å²) in [6.45, 7) is 1.63. The lowest BCUT2D eigenvalue weighted by atomic mass is 10.3. The normalized spacial score (nSPS) is 13.2. The third-order valence-corrected chi connectivity index (χ3v) is 1.78. The summed E-state index contributed by atoms with van der Waals surface area (Å²) in [5, 5.41) is 0. The Morgan fingerprint density at radius 3 is 2.76 bits per heavy atom. The first kappa shape index (κ1) is 13.4. The van der Waals surface area contributed by atoms with Gasteiger partial charge in [-0.1, -0.05) is 0 Å². The van der Waals surface area contributed by atoms with E-state index in [9.17, 15) is 18.0 Å². The number of aromatic nitrogens is 2. The van der Waals surface area contributed by atoms with Gasteiger partial charge >= 0.3 is 12.1 Å². The largest absolute Gasteiger partial charge is 0.464 e. The molecule has 1 heterocycles. The van der Waals surface area contributed by atoms with Crippen LogP contribution in [0.3, 0.4) is 0 Å². The van der Waals surface area contributed by atoms with Crippen LogP contribution in [-0.2, 0) is 15.7 Å². The summed E-state index contributed by atoms with van der Waals surface area (Å²) >= 11 is 0. The molecule has 5 nitrogen and oxygen atoms in total. The van der Waals surface area contributed by atoms with Gasteiger partial charge in [-0.2, -0.15) is 13.2 Å². The van der Waals surface area contributed by atoms with Gasteiger partial charge in [0.25, 0.3) is 0 Å². The first-order chi connectivity index (χ1) is 7.86. The summed E-state index contributed by atoms with van der Waals surface area (Å²) in [5.74, 6) is -1.29. The third-order valence-electron chi connectivity index (χ3n) is 1.78. The zero-order valence-corrected chi connectivity index (χ0v) is 8.86. The highest BCUT2D eigenvalue weighted by molar-refractivity contribution is 5.76. The molecule has 0 aliphatic carbocycles. The van der Waals surface area contributed by atoms with Crippen LogP contribution in [0.4, 0.5) is 13.2 Å². The molecule has 2 N–H and O–H groups in total. The van der Waals surface area contributed by atoms with Crippen molar-refractivity contribution in [2.45, 2.75) is 19.1 Å². The summed E-state index contributed by atoms with van der Waals surface area (Å²) in [7, 11) is 0. The highest BCUT2D eigenvalue weighted by atomic mass is 19.4. The van der Waals surface area contributed by atoms with Crippen molar-refractivity contribution < 1.29 is 22.7 Å². The topological polar surface area (TPSA) is 78.1 Å². The van der Waals surface area contributed by atoms with Crippen LogP contribution in [-0.4, -0.2) is 22.5 Å². The van der Waals surface area contributed by atoms with Gasteiger partial charge in [-0.15, -0.1) is 0 Å². The van der Waals surface area contributed by atoms with Gasteiger partial charge in [-0.05, 0) is 13.0 Å². The predicted molar refractivity (Wildman–Crippen MR) is 50.6 cm³/mol. The Labute approximate surface area is 94.8 Å². The molecule has 0 aliphatic rings. The Bertz CT molecular complexity index is 409. The number of carbonyl (C=O) groups excluding carboxylic acids is 1. The minimum absolute atomic E-state index is 0.0749. The molecule has 1 rings (SSSR count). The zero-order valence-electron chi connectivity index (χ0n) is 8.86. The third kappa shape index (κ3) is 3.38. The fourth-order valence-corrected chi connectivity index (χ4v) is 1.02. The van der Waals surface area contributed by atoms with E-state index in [4.69, 9.17) is 5.73 Å². The van der Waals surface area contributed by atoms with Crippen molar-refractivity contribution >= 4 is 5.97 Å². The summed E-state index contributed by atoms with van der Waals surface area (Å²) in [4.78, 5) is 17.9. The molecule has 1 atom stereocenters. The van der Waals surface area contributed by atoms with Crippen molar-refractivity contribution in [3.05, 3.63) is 23.8 Å². The van der Waals surface area contributed by atoms with E-state index in [0.717, 1.165) is 6.20 Å². The molecule has 17 heavy (non-hydrogen) atoms. The zero-order chi connectivity index (χ0) is 13.1. The van der Waals surface area contributed by atoms with E-state index >= 15 is 0 Å². The van der Waals surface area contributed by atoms with E-state index in [0.29, 0.717) is 6.07 Å². The summed E-state index contributed by atoms with van der Waals surface area (Å²) in [6, 6.07) is -0.723. The summed E-state index contributed by atoms with van der Waals surface area (Å²) in [5.41, 5.74) is 4.22. The number of esters is 1. The number of rotatable bonds is 3. The molecular formula is C9H10F3N3O2. The standard InChI is InChI=1S/C9H10F3N3O2/c1-2-17-8(16)6(13)7-14-4-3-5(15-7)9(10,11)12/h3-4,6H,2,13H2,1H3. The number of alkyl halides is 3. The number of hydrogen-bond acceptors (Lipinski definition) is 5. The Kier molecular flexibility index (Phi) is 4.00. The quantitative estimate of drug-likeness (QED) is 0.810. The first-order valence-corrected chi connectivity index (χ1v) is 4.68. The number of hydrogen-bond donors (Lipinski definition) is 1. The van der Waals surface area contributed by atoms with Crippen LogP contribution in [0, 0.1) is 0 Å². The molecule has 0 bridgehead atoms. The van der Waals surface area contributed by atoms with Crippen LogP contribution in [0.1, 0.15) is 24.5 Å². The van der Waals surface area contributed by atoms with Gasteiger partial charge in [-0.25, -0.2) is 14.8 Å². The lowest BCUT2D eigenvalue weighted by Gasteiger charge is -2.11. The van der Waals surface area contributed by atoms with E-state index < -0.39 is 29.7 Å². The second-order valence-corrected chi connectivity index (χ2v) is 3.03. The van der Waals surface area contributed by atoms with Crippen molar-refractivity contribution in [2.24, 2.45) is 5.73 Å². The Hall–Kier alpha value is -1.70. The maximum Gasteiger partial charge on any atom is 0.433 e. The predicted octanol–water partition coefficient (Wildman–Crippen LogP) is 1.06. The molecule has 1 aromatic heterocycles. The molecule has 0 amide bonds. The van der Waals surface area contributed by atoms with E-state index in [1.807, 2.05) is 0 Å². The Morgan fingerprint density at radius 2 is 2.24 bits per heavy atom. The average Bonchev–Trinajstić information content (AvgIpc) is 2.27. The molecule has 94 valence electrons. The molecule has 0 aromatic carbocycles. The lowest BCUT2D eigenvalue weighted by molar-refractivity contribution is -0.146. The van der Waals surface area contributed by atoms with Gasteiger partial charge < -0.3 is 10.5 Å². The van der Waals surface area contributed by atoms with Crippen LogP contribution in [0.25, 0.3) is 0 Å². The minimum atomic E-state index is -4.61. The molecule has 0 radical (unpaired) electrons. The molecular weight excluding hydrogens is 239 g/mol. The molecule has 1 aromatic rings. The van der Waals surface area contributed by atoms with Crippen molar-refractivity contribution in [1.29, 1.82) is 0 Å². The smallest absolute Gasteiger partial charge is 0.433 e. The molecule has 1 unspecified atom stereocenters. The number of carbonyl (C=O) groups is 1. The molecule has 0 saturated carbocycles. The van der Waals surface area contributed by atoms with Crippen molar-refractivity contribution in [3.8, 4) is 0 Å². The lowest BCUT2D eigenvalue weighted by Crippen LogP contribution is -2.26. The fourth-order valence-electron chi connectivity index (χ4n) is 1.02. The van der Waals surface area contributed by atoms with Crippen molar-refractivity contribution in [3.63, 3.8) is 0 Å². The van der Waals surface area contributed by atoms with Crippen LogP contribution >= 0.6 is 0 Å². The number of halogens is 3. The highest BCUT2D eigenvalue weighted by Gasteiger charge is 2.33. The van der Waals surface area contributed by atoms with Crippen molar-refractivity contribution in [2.75, 3.05) is 6.61 Å². The van der Waals surface area contributed by atoms with Crippen LogP contribution in [0.15, 0.2) is 12.3 Å². The molecule has 0 aliphatic heterocycles. The van der Waals surface area contributed by atoms with Gasteiger partial charge in [0.1, 0.15) is 5.69 Å². The van der Waals surface area contributed by atoms with E-state index in [-0.39, 0.29) is 6.61 Å².